The topological polar surface area (TPSA) is 31.2 Å². The molecular formula is C24H21NO2. The van der Waals surface area contributed by atoms with E-state index in [1.165, 1.54) is 11.1 Å². The molecule has 3 nitrogen and oxygen atoms in total. The lowest BCUT2D eigenvalue weighted by molar-refractivity contribution is 0.101. The molecular weight excluding hydrogens is 334 g/mol. The van der Waals surface area contributed by atoms with E-state index in [0.29, 0.717) is 0 Å². The number of ketones is 1. The highest BCUT2D eigenvalue weighted by atomic mass is 16.5. The normalized spacial score (nSPS) is 12.1. The van der Waals surface area contributed by atoms with E-state index in [0.717, 1.165) is 22.2 Å². The SMILES string of the molecule is COc1ccc(C(c2ccccc2)n2ccc3cc(C(C)=O)ccc32)cc1. The molecule has 0 saturated heterocycles. The summed E-state index contributed by atoms with van der Waals surface area (Å²) in [5.74, 6) is 0.924. The Kier molecular flexibility index (Phi) is 4.51. The van der Waals surface area contributed by atoms with Crippen molar-refractivity contribution in [2.75, 3.05) is 7.11 Å². The largest absolute Gasteiger partial charge is 0.497 e. The quantitative estimate of drug-likeness (QED) is 0.443. The van der Waals surface area contributed by atoms with Crippen LogP contribution in [0.4, 0.5) is 0 Å². The lowest BCUT2D eigenvalue weighted by Gasteiger charge is -2.22. The maximum absolute atomic E-state index is 11.7. The Morgan fingerprint density at radius 2 is 1.59 bits per heavy atom. The summed E-state index contributed by atoms with van der Waals surface area (Å²) in [7, 11) is 1.68. The third-order valence-corrected chi connectivity index (χ3v) is 4.95. The Morgan fingerprint density at radius 1 is 0.889 bits per heavy atom. The molecule has 1 heterocycles. The van der Waals surface area contributed by atoms with Crippen molar-refractivity contribution in [2.24, 2.45) is 0 Å². The molecule has 0 amide bonds. The van der Waals surface area contributed by atoms with Crippen LogP contribution >= 0.6 is 0 Å². The van der Waals surface area contributed by atoms with Gasteiger partial charge in [-0.15, -0.1) is 0 Å². The zero-order valence-electron chi connectivity index (χ0n) is 15.4. The Balaban J connectivity index is 1.88. The van der Waals surface area contributed by atoms with Crippen molar-refractivity contribution in [3.8, 4) is 5.75 Å². The first-order chi connectivity index (χ1) is 13.2. The Hall–Kier alpha value is -3.33. The first-order valence-corrected chi connectivity index (χ1v) is 8.98. The van der Waals surface area contributed by atoms with E-state index in [1.807, 2.05) is 36.4 Å². The van der Waals surface area contributed by atoms with Gasteiger partial charge in [-0.1, -0.05) is 42.5 Å². The van der Waals surface area contributed by atoms with E-state index < -0.39 is 0 Å². The highest BCUT2D eigenvalue weighted by molar-refractivity contribution is 5.98. The molecule has 1 atom stereocenters. The second-order valence-corrected chi connectivity index (χ2v) is 6.64. The summed E-state index contributed by atoms with van der Waals surface area (Å²) in [6, 6.07) is 26.6. The van der Waals surface area contributed by atoms with Crippen LogP contribution in [0, 0.1) is 0 Å². The number of nitrogens with zero attached hydrogens (tertiary/aromatic N) is 1. The van der Waals surface area contributed by atoms with E-state index in [2.05, 4.69) is 53.2 Å². The zero-order valence-corrected chi connectivity index (χ0v) is 15.4. The van der Waals surface area contributed by atoms with Crippen LogP contribution in [0.15, 0.2) is 85.1 Å². The zero-order chi connectivity index (χ0) is 18.8. The van der Waals surface area contributed by atoms with Crippen LogP contribution in [0.5, 0.6) is 5.75 Å². The number of fused-ring (bicyclic) bond motifs is 1. The smallest absolute Gasteiger partial charge is 0.159 e. The van der Waals surface area contributed by atoms with Crippen molar-refractivity contribution in [1.82, 2.24) is 4.57 Å². The summed E-state index contributed by atoms with van der Waals surface area (Å²) in [6.45, 7) is 1.60. The summed E-state index contributed by atoms with van der Waals surface area (Å²) in [6.07, 6.45) is 2.09. The fourth-order valence-corrected chi connectivity index (χ4v) is 3.54. The van der Waals surface area contributed by atoms with E-state index in [9.17, 15) is 4.79 Å². The van der Waals surface area contributed by atoms with Crippen LogP contribution in [0.25, 0.3) is 10.9 Å². The first kappa shape index (κ1) is 17.1. The number of benzene rings is 3. The van der Waals surface area contributed by atoms with Gasteiger partial charge in [0.15, 0.2) is 5.78 Å². The molecule has 3 aromatic carbocycles. The molecule has 27 heavy (non-hydrogen) atoms. The van der Waals surface area contributed by atoms with Crippen molar-refractivity contribution in [3.63, 3.8) is 0 Å². The number of Topliss-reactive ketones (excluding diaryl/α,β-unsaturated/α-hetero) is 1. The van der Waals surface area contributed by atoms with Gasteiger partial charge in [0.05, 0.1) is 13.2 Å². The lowest BCUT2D eigenvalue weighted by atomic mass is 9.98. The first-order valence-electron chi connectivity index (χ1n) is 8.98. The van der Waals surface area contributed by atoms with E-state index >= 15 is 0 Å². The summed E-state index contributed by atoms with van der Waals surface area (Å²) >= 11 is 0. The van der Waals surface area contributed by atoms with Gasteiger partial charge < -0.3 is 9.30 Å². The van der Waals surface area contributed by atoms with Crippen LogP contribution < -0.4 is 4.74 Å². The number of hydrogen-bond acceptors (Lipinski definition) is 2. The molecule has 0 fully saturated rings. The standard InChI is InChI=1S/C24H21NO2/c1-17(26)20-10-13-23-21(16-20)14-15-25(23)24(18-6-4-3-5-7-18)19-8-11-22(27-2)12-9-19/h3-16,24H,1-2H3. The summed E-state index contributed by atoms with van der Waals surface area (Å²) < 4.78 is 7.57. The molecule has 134 valence electrons. The number of hydrogen-bond donors (Lipinski definition) is 0. The van der Waals surface area contributed by atoms with Crippen LogP contribution in [0.2, 0.25) is 0 Å². The predicted molar refractivity (Wildman–Crippen MR) is 109 cm³/mol. The molecule has 4 rings (SSSR count). The van der Waals surface area contributed by atoms with Crippen LogP contribution in [-0.2, 0) is 0 Å². The van der Waals surface area contributed by atoms with Gasteiger partial charge in [-0.2, -0.15) is 0 Å². The predicted octanol–water partition coefficient (Wildman–Crippen LogP) is 5.49. The summed E-state index contributed by atoms with van der Waals surface area (Å²) in [5.41, 5.74) is 4.22. The number of rotatable bonds is 5. The molecule has 3 heteroatoms. The van der Waals surface area contributed by atoms with E-state index in [1.54, 1.807) is 14.0 Å². The maximum atomic E-state index is 11.7. The Morgan fingerprint density at radius 3 is 2.26 bits per heavy atom. The number of methoxy groups -OCH3 is 1. The van der Waals surface area contributed by atoms with Gasteiger partial charge in [-0.3, -0.25) is 4.79 Å². The fourth-order valence-electron chi connectivity index (χ4n) is 3.54. The molecule has 1 unspecified atom stereocenters. The Bertz CT molecular complexity index is 1080. The van der Waals surface area contributed by atoms with Crippen LogP contribution in [-0.4, -0.2) is 17.5 Å². The van der Waals surface area contributed by atoms with Crippen LogP contribution in [0.1, 0.15) is 34.5 Å². The maximum Gasteiger partial charge on any atom is 0.159 e. The van der Waals surface area contributed by atoms with Gasteiger partial charge >= 0.3 is 0 Å². The highest BCUT2D eigenvalue weighted by Gasteiger charge is 2.18. The van der Waals surface area contributed by atoms with Gasteiger partial charge in [0.25, 0.3) is 0 Å². The van der Waals surface area contributed by atoms with Gasteiger partial charge in [-0.05, 0) is 54.4 Å². The minimum absolute atomic E-state index is 0.0396. The highest BCUT2D eigenvalue weighted by Crippen LogP contribution is 2.32. The van der Waals surface area contributed by atoms with Crippen molar-refractivity contribution >= 4 is 16.7 Å². The van der Waals surface area contributed by atoms with Gasteiger partial charge in [0.1, 0.15) is 5.75 Å². The lowest BCUT2D eigenvalue weighted by Crippen LogP contribution is -2.11. The number of carbonyl (C=O) groups excluding carboxylic acids is 1. The third-order valence-electron chi connectivity index (χ3n) is 4.95. The van der Waals surface area contributed by atoms with Crippen LogP contribution in [0.3, 0.4) is 0 Å². The number of carbonyl (C=O) groups is 1. The Labute approximate surface area is 158 Å². The van der Waals surface area contributed by atoms with Crippen molar-refractivity contribution < 1.29 is 9.53 Å². The van der Waals surface area contributed by atoms with Gasteiger partial charge in [0.2, 0.25) is 0 Å². The van der Waals surface area contributed by atoms with E-state index in [-0.39, 0.29) is 11.8 Å². The molecule has 0 N–H and O–H groups in total. The summed E-state index contributed by atoms with van der Waals surface area (Å²) in [4.78, 5) is 11.7. The minimum Gasteiger partial charge on any atom is -0.497 e. The molecule has 0 aliphatic rings. The molecule has 0 spiro atoms. The molecule has 0 aliphatic heterocycles. The van der Waals surface area contributed by atoms with Crippen molar-refractivity contribution in [2.45, 2.75) is 13.0 Å². The molecule has 0 aliphatic carbocycles. The monoisotopic (exact) mass is 355 g/mol. The second kappa shape index (κ2) is 7.12. The number of ether oxygens (including phenoxy) is 1. The van der Waals surface area contributed by atoms with Crippen molar-refractivity contribution in [3.05, 3.63) is 102 Å². The average molecular weight is 355 g/mol. The summed E-state index contributed by atoms with van der Waals surface area (Å²) in [5, 5.41) is 1.07. The molecule has 0 bridgehead atoms. The minimum atomic E-state index is 0.0396. The second-order valence-electron chi connectivity index (χ2n) is 6.64. The van der Waals surface area contributed by atoms with Gasteiger partial charge in [-0.25, -0.2) is 0 Å². The van der Waals surface area contributed by atoms with E-state index in [4.69, 9.17) is 4.74 Å². The average Bonchev–Trinajstić information content (AvgIpc) is 3.12. The number of aromatic nitrogens is 1. The molecule has 0 radical (unpaired) electrons. The van der Waals surface area contributed by atoms with Crippen molar-refractivity contribution in [1.29, 1.82) is 0 Å². The molecule has 0 saturated carbocycles. The fraction of sp³-hybridized carbons (Fsp3) is 0.125. The molecule has 1 aromatic heterocycles. The molecule has 4 aromatic rings. The van der Waals surface area contributed by atoms with Gasteiger partial charge in [0, 0.05) is 22.7 Å². The third kappa shape index (κ3) is 3.24.